The predicted molar refractivity (Wildman–Crippen MR) is 106 cm³/mol. The second-order valence-corrected chi connectivity index (χ2v) is 7.39. The van der Waals surface area contributed by atoms with Crippen LogP contribution in [0.1, 0.15) is 24.5 Å². The highest BCUT2D eigenvalue weighted by molar-refractivity contribution is 8.00. The van der Waals surface area contributed by atoms with Crippen molar-refractivity contribution in [3.63, 3.8) is 0 Å². The Labute approximate surface area is 152 Å². The second-order valence-electron chi connectivity index (χ2n) is 6.16. The molecule has 1 amide bonds. The number of aromatic nitrogens is 1. The molecule has 1 heterocycles. The van der Waals surface area contributed by atoms with Crippen LogP contribution in [-0.2, 0) is 4.79 Å². The van der Waals surface area contributed by atoms with Crippen LogP contribution in [0.15, 0.2) is 59.6 Å². The number of rotatable bonds is 5. The van der Waals surface area contributed by atoms with E-state index in [2.05, 4.69) is 22.4 Å². The zero-order chi connectivity index (χ0) is 17.8. The molecule has 0 bridgehead atoms. The lowest BCUT2D eigenvalue weighted by Gasteiger charge is -2.16. The fourth-order valence-corrected chi connectivity index (χ4v) is 3.59. The quantitative estimate of drug-likeness (QED) is 0.630. The van der Waals surface area contributed by atoms with Crippen molar-refractivity contribution in [2.45, 2.75) is 37.5 Å². The smallest absolute Gasteiger partial charge is 0.237 e. The van der Waals surface area contributed by atoms with Gasteiger partial charge in [-0.1, -0.05) is 55.1 Å². The summed E-state index contributed by atoms with van der Waals surface area (Å²) in [6.07, 6.45) is 0.746. The number of nitrogens with one attached hydrogen (secondary N) is 1. The molecule has 3 nitrogen and oxygen atoms in total. The average Bonchev–Trinajstić information content (AvgIpc) is 2.62. The lowest BCUT2D eigenvalue weighted by Crippen LogP contribution is -2.25. The van der Waals surface area contributed by atoms with Gasteiger partial charge in [0.25, 0.3) is 0 Å². The zero-order valence-corrected chi connectivity index (χ0v) is 15.6. The molecular weight excluding hydrogens is 328 g/mol. The highest BCUT2D eigenvalue weighted by Crippen LogP contribution is 2.27. The van der Waals surface area contributed by atoms with E-state index in [1.54, 1.807) is 0 Å². The van der Waals surface area contributed by atoms with Gasteiger partial charge in [-0.15, -0.1) is 0 Å². The Morgan fingerprint density at radius 3 is 2.72 bits per heavy atom. The van der Waals surface area contributed by atoms with Crippen molar-refractivity contribution in [3.8, 4) is 0 Å². The van der Waals surface area contributed by atoms with E-state index in [0.29, 0.717) is 0 Å². The molecule has 0 radical (unpaired) electrons. The van der Waals surface area contributed by atoms with Crippen LogP contribution in [0.4, 0.5) is 5.69 Å². The van der Waals surface area contributed by atoms with Crippen LogP contribution < -0.4 is 5.32 Å². The summed E-state index contributed by atoms with van der Waals surface area (Å²) in [7, 11) is 0. The van der Waals surface area contributed by atoms with Crippen molar-refractivity contribution in [2.24, 2.45) is 0 Å². The van der Waals surface area contributed by atoms with Gasteiger partial charge in [0.2, 0.25) is 5.91 Å². The molecule has 0 spiro atoms. The van der Waals surface area contributed by atoms with Gasteiger partial charge in [-0.2, -0.15) is 0 Å². The number of hydrogen-bond donors (Lipinski definition) is 1. The molecule has 128 valence electrons. The van der Waals surface area contributed by atoms with Gasteiger partial charge in [0.05, 0.1) is 15.8 Å². The third-order valence-corrected chi connectivity index (χ3v) is 5.45. The maximum absolute atomic E-state index is 12.7. The SMILES string of the molecule is CCC(Sc1ccc2ccccc2n1)C(=O)Nc1cc(C)ccc1C. The summed E-state index contributed by atoms with van der Waals surface area (Å²) in [5.41, 5.74) is 4.05. The van der Waals surface area contributed by atoms with Gasteiger partial charge < -0.3 is 5.32 Å². The van der Waals surface area contributed by atoms with Gasteiger partial charge in [-0.05, 0) is 49.6 Å². The Bertz CT molecular complexity index is 907. The first-order valence-electron chi connectivity index (χ1n) is 8.47. The monoisotopic (exact) mass is 350 g/mol. The van der Waals surface area contributed by atoms with Crippen molar-refractivity contribution in [1.82, 2.24) is 4.98 Å². The number of fused-ring (bicyclic) bond motifs is 1. The number of hydrogen-bond acceptors (Lipinski definition) is 3. The highest BCUT2D eigenvalue weighted by Gasteiger charge is 2.19. The minimum absolute atomic E-state index is 0.0242. The number of aryl methyl sites for hydroxylation is 2. The lowest BCUT2D eigenvalue weighted by atomic mass is 10.1. The molecule has 0 fully saturated rings. The van der Waals surface area contributed by atoms with E-state index >= 15 is 0 Å². The Morgan fingerprint density at radius 2 is 1.92 bits per heavy atom. The third-order valence-electron chi connectivity index (χ3n) is 4.15. The number of nitrogens with zero attached hydrogens (tertiary/aromatic N) is 1. The zero-order valence-electron chi connectivity index (χ0n) is 14.7. The van der Waals surface area contributed by atoms with Crippen LogP contribution in [0.2, 0.25) is 0 Å². The summed E-state index contributed by atoms with van der Waals surface area (Å²) in [5.74, 6) is 0.0242. The molecule has 1 N–H and O–H groups in total. The number of benzene rings is 2. The molecule has 1 unspecified atom stereocenters. The van der Waals surface area contributed by atoms with Gasteiger partial charge in [-0.3, -0.25) is 4.79 Å². The molecule has 25 heavy (non-hydrogen) atoms. The summed E-state index contributed by atoms with van der Waals surface area (Å²) in [6.45, 7) is 6.07. The van der Waals surface area contributed by atoms with E-state index in [9.17, 15) is 4.79 Å². The van der Waals surface area contributed by atoms with Crippen LogP contribution >= 0.6 is 11.8 Å². The Morgan fingerprint density at radius 1 is 1.12 bits per heavy atom. The summed E-state index contributed by atoms with van der Waals surface area (Å²) in [4.78, 5) is 17.4. The maximum atomic E-state index is 12.7. The standard InChI is InChI=1S/C21H22N2OS/c1-4-19(21(24)23-18-13-14(2)9-10-15(18)3)25-20-12-11-16-7-5-6-8-17(16)22-20/h5-13,19H,4H2,1-3H3,(H,23,24). The number of thioether (sulfide) groups is 1. The Balaban J connectivity index is 1.76. The van der Waals surface area contributed by atoms with Gasteiger partial charge in [-0.25, -0.2) is 4.98 Å². The van der Waals surface area contributed by atoms with Gasteiger partial charge >= 0.3 is 0 Å². The van der Waals surface area contributed by atoms with Gasteiger partial charge in [0.1, 0.15) is 0 Å². The molecule has 3 aromatic rings. The van der Waals surface area contributed by atoms with E-state index in [1.807, 2.05) is 63.2 Å². The largest absolute Gasteiger partial charge is 0.325 e. The molecule has 0 aliphatic rings. The first kappa shape index (κ1) is 17.5. The molecule has 0 aliphatic carbocycles. The normalized spacial score (nSPS) is 12.1. The van der Waals surface area contributed by atoms with Crippen LogP contribution in [0.5, 0.6) is 0 Å². The maximum Gasteiger partial charge on any atom is 0.237 e. The van der Waals surface area contributed by atoms with E-state index < -0.39 is 0 Å². The molecule has 0 saturated heterocycles. The lowest BCUT2D eigenvalue weighted by molar-refractivity contribution is -0.115. The molecule has 1 aromatic heterocycles. The van der Waals surface area contributed by atoms with Crippen LogP contribution in [0.3, 0.4) is 0 Å². The van der Waals surface area contributed by atoms with Crippen LogP contribution in [-0.4, -0.2) is 16.1 Å². The first-order chi connectivity index (χ1) is 12.1. The highest BCUT2D eigenvalue weighted by atomic mass is 32.2. The molecule has 4 heteroatoms. The van der Waals surface area contributed by atoms with Crippen LogP contribution in [0.25, 0.3) is 10.9 Å². The molecular formula is C21H22N2OS. The fourth-order valence-electron chi connectivity index (χ4n) is 2.66. The van der Waals surface area contributed by atoms with Gasteiger partial charge in [0, 0.05) is 11.1 Å². The minimum atomic E-state index is -0.173. The predicted octanol–water partition coefficient (Wildman–Crippen LogP) is 5.36. The van der Waals surface area contributed by atoms with Crippen LogP contribution in [0, 0.1) is 13.8 Å². The molecule has 1 atom stereocenters. The van der Waals surface area contributed by atoms with Gasteiger partial charge in [0.15, 0.2) is 0 Å². The molecule has 0 saturated carbocycles. The topological polar surface area (TPSA) is 42.0 Å². The summed E-state index contributed by atoms with van der Waals surface area (Å²) in [6, 6.07) is 18.2. The molecule has 3 rings (SSSR count). The van der Waals surface area contributed by atoms with Crippen molar-refractivity contribution >= 4 is 34.3 Å². The summed E-state index contributed by atoms with van der Waals surface area (Å²) < 4.78 is 0. The van der Waals surface area contributed by atoms with E-state index in [0.717, 1.165) is 39.2 Å². The van der Waals surface area contributed by atoms with E-state index in [-0.39, 0.29) is 11.2 Å². The third kappa shape index (κ3) is 4.20. The average molecular weight is 350 g/mol. The molecule has 2 aromatic carbocycles. The Hall–Kier alpha value is -2.33. The van der Waals surface area contributed by atoms with Crippen molar-refractivity contribution in [1.29, 1.82) is 0 Å². The second kappa shape index (κ2) is 7.70. The Kier molecular flexibility index (Phi) is 5.39. The number of carbonyl (C=O) groups excluding carboxylic acids is 1. The summed E-state index contributed by atoms with van der Waals surface area (Å²) >= 11 is 1.52. The number of anilines is 1. The summed E-state index contributed by atoms with van der Waals surface area (Å²) in [5, 5.41) is 4.89. The van der Waals surface area contributed by atoms with Crippen molar-refractivity contribution in [3.05, 3.63) is 65.7 Å². The van der Waals surface area contributed by atoms with E-state index in [4.69, 9.17) is 0 Å². The van der Waals surface area contributed by atoms with Crippen molar-refractivity contribution in [2.75, 3.05) is 5.32 Å². The number of amides is 1. The number of para-hydroxylation sites is 1. The molecule has 0 aliphatic heterocycles. The van der Waals surface area contributed by atoms with E-state index in [1.165, 1.54) is 11.8 Å². The number of pyridine rings is 1. The number of carbonyl (C=O) groups is 1. The minimum Gasteiger partial charge on any atom is -0.325 e. The first-order valence-corrected chi connectivity index (χ1v) is 9.35. The fraction of sp³-hybridized carbons (Fsp3) is 0.238. The van der Waals surface area contributed by atoms with Crippen molar-refractivity contribution < 1.29 is 4.79 Å².